The minimum Gasteiger partial charge on any atom is -0.444 e. The van der Waals surface area contributed by atoms with Gasteiger partial charge in [0, 0.05) is 25.4 Å². The number of pyridine rings is 1. The van der Waals surface area contributed by atoms with E-state index in [9.17, 15) is 18.8 Å². The second kappa shape index (κ2) is 10.0. The molecule has 0 radical (unpaired) electrons. The van der Waals surface area contributed by atoms with Gasteiger partial charge in [-0.2, -0.15) is 0 Å². The molecule has 3 N–H and O–H groups in total. The Morgan fingerprint density at radius 1 is 1.28 bits per heavy atom. The number of carbonyl (C=O) groups excluding carboxylic acids is 2. The van der Waals surface area contributed by atoms with Gasteiger partial charge in [0.2, 0.25) is 0 Å². The zero-order valence-electron chi connectivity index (χ0n) is 20.3. The minimum absolute atomic E-state index is 0.0659. The fourth-order valence-corrected chi connectivity index (χ4v) is 4.66. The summed E-state index contributed by atoms with van der Waals surface area (Å²) in [4.78, 5) is 43.9. The van der Waals surface area contributed by atoms with E-state index in [-0.39, 0.29) is 28.3 Å². The molecule has 3 aromatic rings. The normalized spacial score (nSPS) is 16.3. The first-order chi connectivity index (χ1) is 17.0. The average Bonchev–Trinajstić information content (AvgIpc) is 3.08. The number of nitrogens with zero attached hydrogens (tertiary/aromatic N) is 4. The van der Waals surface area contributed by atoms with Crippen molar-refractivity contribution in [2.75, 3.05) is 13.1 Å². The van der Waals surface area contributed by atoms with E-state index >= 15 is 0 Å². The molecule has 1 saturated heterocycles. The van der Waals surface area contributed by atoms with Gasteiger partial charge < -0.3 is 9.64 Å². The summed E-state index contributed by atoms with van der Waals surface area (Å²) >= 11 is 3.23. The second-order valence-corrected chi connectivity index (χ2v) is 10.6. The number of nitrogens with two attached hydrogens (primary N) is 1. The van der Waals surface area contributed by atoms with E-state index in [0.717, 1.165) is 0 Å². The monoisotopic (exact) mass is 562 g/mol. The van der Waals surface area contributed by atoms with Crippen molar-refractivity contribution in [3.8, 4) is 0 Å². The van der Waals surface area contributed by atoms with Gasteiger partial charge in [0.1, 0.15) is 11.4 Å². The molecule has 2 aromatic heterocycles. The van der Waals surface area contributed by atoms with Crippen LogP contribution in [0.15, 0.2) is 39.7 Å². The van der Waals surface area contributed by atoms with E-state index in [1.165, 1.54) is 16.8 Å². The van der Waals surface area contributed by atoms with Crippen LogP contribution in [0.5, 0.6) is 0 Å². The Kier molecular flexibility index (Phi) is 7.19. The number of amides is 2. The third-order valence-electron chi connectivity index (χ3n) is 5.96. The lowest BCUT2D eigenvalue weighted by Crippen LogP contribution is -2.45. The fourth-order valence-electron chi connectivity index (χ4n) is 4.33. The summed E-state index contributed by atoms with van der Waals surface area (Å²) in [6.07, 6.45) is 2.30. The molecule has 12 heteroatoms. The molecule has 192 valence electrons. The second-order valence-electron chi connectivity index (χ2n) is 9.73. The Balaban J connectivity index is 1.72. The Bertz CT molecular complexity index is 1360. The molecule has 0 saturated carbocycles. The van der Waals surface area contributed by atoms with Crippen LogP contribution in [-0.4, -0.2) is 49.7 Å². The van der Waals surface area contributed by atoms with Crippen molar-refractivity contribution in [1.29, 1.82) is 0 Å². The predicted octanol–water partition coefficient (Wildman–Crippen LogP) is 3.32. The summed E-state index contributed by atoms with van der Waals surface area (Å²) < 4.78 is 23.4. The van der Waals surface area contributed by atoms with Crippen LogP contribution in [0.2, 0.25) is 0 Å². The van der Waals surface area contributed by atoms with Crippen molar-refractivity contribution in [1.82, 2.24) is 24.4 Å². The highest BCUT2D eigenvalue weighted by Crippen LogP contribution is 2.29. The number of rotatable bonds is 4. The van der Waals surface area contributed by atoms with Crippen molar-refractivity contribution >= 4 is 39.0 Å². The number of hydrogen-bond acceptors (Lipinski definition) is 6. The number of ether oxygens (including phenoxy) is 1. The SMILES string of the molecule is CC(C)(C)OC(=O)N1CCC[C@H](n2c(=O)n(Cc3ccc(C(=O)NN)cn3)c3cc(F)c(Br)cc32)C1. The van der Waals surface area contributed by atoms with Gasteiger partial charge >= 0.3 is 11.8 Å². The Morgan fingerprint density at radius 2 is 2.03 bits per heavy atom. The van der Waals surface area contributed by atoms with Crippen LogP contribution in [-0.2, 0) is 11.3 Å². The lowest BCUT2D eigenvalue weighted by Gasteiger charge is -2.34. The van der Waals surface area contributed by atoms with Crippen molar-refractivity contribution in [2.45, 2.75) is 51.8 Å². The van der Waals surface area contributed by atoms with Gasteiger partial charge in [0.05, 0.1) is 39.4 Å². The highest BCUT2D eigenvalue weighted by molar-refractivity contribution is 9.10. The molecule has 1 atom stereocenters. The number of imidazole rings is 1. The number of aromatic nitrogens is 3. The third-order valence-corrected chi connectivity index (χ3v) is 6.56. The molecule has 36 heavy (non-hydrogen) atoms. The maximum atomic E-state index is 14.5. The number of nitrogens with one attached hydrogen (secondary N) is 1. The van der Waals surface area contributed by atoms with Gasteiger partial charge in [0.25, 0.3) is 5.91 Å². The number of likely N-dealkylation sites (tertiary alicyclic amines) is 1. The van der Waals surface area contributed by atoms with Crippen LogP contribution in [0.3, 0.4) is 0 Å². The molecule has 1 aliphatic rings. The van der Waals surface area contributed by atoms with Crippen LogP contribution in [0.1, 0.15) is 55.7 Å². The maximum absolute atomic E-state index is 14.5. The van der Waals surface area contributed by atoms with Crippen LogP contribution in [0.25, 0.3) is 11.0 Å². The Morgan fingerprint density at radius 3 is 2.67 bits per heavy atom. The quantitative estimate of drug-likeness (QED) is 0.285. The van der Waals surface area contributed by atoms with Crippen LogP contribution in [0.4, 0.5) is 9.18 Å². The van der Waals surface area contributed by atoms with Crippen molar-refractivity contribution in [2.24, 2.45) is 5.84 Å². The number of hydrogen-bond donors (Lipinski definition) is 2. The van der Waals surface area contributed by atoms with Crippen molar-refractivity contribution in [3.05, 3.63) is 62.5 Å². The summed E-state index contributed by atoms with van der Waals surface area (Å²) in [5.41, 5.74) is 2.79. The molecule has 0 aliphatic carbocycles. The highest BCUT2D eigenvalue weighted by Gasteiger charge is 2.31. The molecular formula is C24H28BrFN6O4. The number of benzene rings is 1. The zero-order valence-corrected chi connectivity index (χ0v) is 21.8. The number of fused-ring (bicyclic) bond motifs is 1. The van der Waals surface area contributed by atoms with Crippen molar-refractivity contribution < 1.29 is 18.7 Å². The third kappa shape index (κ3) is 5.29. The number of hydrazine groups is 1. The first kappa shape index (κ1) is 25.8. The van der Waals surface area contributed by atoms with Gasteiger partial charge in [-0.05, 0) is 67.7 Å². The molecule has 3 heterocycles. The van der Waals surface area contributed by atoms with E-state index in [1.807, 2.05) is 5.43 Å². The van der Waals surface area contributed by atoms with Gasteiger partial charge in [0.15, 0.2) is 0 Å². The van der Waals surface area contributed by atoms with E-state index < -0.39 is 23.4 Å². The lowest BCUT2D eigenvalue weighted by atomic mass is 10.1. The summed E-state index contributed by atoms with van der Waals surface area (Å²) in [5, 5.41) is 0. The molecule has 0 bridgehead atoms. The molecule has 4 rings (SSSR count). The maximum Gasteiger partial charge on any atom is 0.410 e. The lowest BCUT2D eigenvalue weighted by molar-refractivity contribution is 0.0172. The summed E-state index contributed by atoms with van der Waals surface area (Å²) in [5.74, 6) is 4.17. The number of nitrogen functional groups attached to an aromatic ring is 1. The summed E-state index contributed by atoms with van der Waals surface area (Å²) in [6.45, 7) is 6.31. The molecular weight excluding hydrogens is 535 g/mol. The fraction of sp³-hybridized carbons (Fsp3) is 0.417. The molecule has 1 aromatic carbocycles. The minimum atomic E-state index is -0.632. The molecule has 2 amide bonds. The molecule has 1 fully saturated rings. The van der Waals surface area contributed by atoms with Gasteiger partial charge in [-0.15, -0.1) is 0 Å². The molecule has 10 nitrogen and oxygen atoms in total. The van der Waals surface area contributed by atoms with Crippen LogP contribution < -0.4 is 17.0 Å². The molecule has 0 unspecified atom stereocenters. The molecule has 0 spiro atoms. The number of carbonyl (C=O) groups is 2. The van der Waals surface area contributed by atoms with Crippen molar-refractivity contribution in [3.63, 3.8) is 0 Å². The standard InChI is InChI=1S/C24H28BrFN6O4/c1-24(2,3)36-23(35)30-8-4-5-16(13-30)32-20-9-17(25)18(26)10-19(20)31(22(32)34)12-15-7-6-14(11-28-15)21(33)29-27/h6-7,9-11,16H,4-5,8,12-13,27H2,1-3H3,(H,29,33)/t16-/m0/s1. The number of piperidine rings is 1. The van der Waals surface area contributed by atoms with Crippen LogP contribution >= 0.6 is 15.9 Å². The van der Waals surface area contributed by atoms with Gasteiger partial charge in [-0.1, -0.05) is 0 Å². The van der Waals surface area contributed by atoms with E-state index in [1.54, 1.807) is 48.4 Å². The van der Waals surface area contributed by atoms with E-state index in [2.05, 4.69) is 20.9 Å². The summed E-state index contributed by atoms with van der Waals surface area (Å²) in [6, 6.07) is 5.73. The predicted molar refractivity (Wildman–Crippen MR) is 135 cm³/mol. The highest BCUT2D eigenvalue weighted by atomic mass is 79.9. The topological polar surface area (TPSA) is 124 Å². The smallest absolute Gasteiger partial charge is 0.410 e. The largest absolute Gasteiger partial charge is 0.444 e. The van der Waals surface area contributed by atoms with Gasteiger partial charge in [-0.25, -0.2) is 19.8 Å². The number of halogens is 2. The van der Waals surface area contributed by atoms with Crippen LogP contribution in [0, 0.1) is 5.82 Å². The Hall–Kier alpha value is -3.25. The first-order valence-corrected chi connectivity index (χ1v) is 12.3. The average molecular weight is 563 g/mol. The summed E-state index contributed by atoms with van der Waals surface area (Å²) in [7, 11) is 0. The Labute approximate surface area is 215 Å². The zero-order chi connectivity index (χ0) is 26.2. The van der Waals surface area contributed by atoms with E-state index in [4.69, 9.17) is 10.6 Å². The molecule has 1 aliphatic heterocycles. The van der Waals surface area contributed by atoms with E-state index in [0.29, 0.717) is 42.7 Å². The first-order valence-electron chi connectivity index (χ1n) is 11.5. The van der Waals surface area contributed by atoms with Gasteiger partial charge in [-0.3, -0.25) is 24.3 Å².